The predicted octanol–water partition coefficient (Wildman–Crippen LogP) is 4.33. The molecule has 0 fully saturated rings. The number of amides is 1. The van der Waals surface area contributed by atoms with E-state index in [1.165, 1.54) is 10.9 Å². The van der Waals surface area contributed by atoms with Crippen molar-refractivity contribution in [2.45, 2.75) is 13.0 Å². The van der Waals surface area contributed by atoms with Gasteiger partial charge in [-0.15, -0.1) is 11.3 Å². The summed E-state index contributed by atoms with van der Waals surface area (Å²) in [6.45, 7) is 0.810. The summed E-state index contributed by atoms with van der Waals surface area (Å²) in [5.41, 5.74) is 0.181. The number of nitrogens with zero attached hydrogens (tertiary/aromatic N) is 1. The first kappa shape index (κ1) is 17.3. The van der Waals surface area contributed by atoms with E-state index in [1.807, 2.05) is 23.6 Å². The van der Waals surface area contributed by atoms with Gasteiger partial charge in [-0.2, -0.15) is 0 Å². The number of thiophene rings is 1. The van der Waals surface area contributed by atoms with Crippen LogP contribution in [0.15, 0.2) is 79.9 Å². The maximum absolute atomic E-state index is 13.1. The van der Waals surface area contributed by atoms with Crippen molar-refractivity contribution in [3.63, 3.8) is 0 Å². The number of carbonyl (C=O) groups excluding carboxylic acids is 1. The lowest BCUT2D eigenvalue weighted by atomic mass is 10.2. The Labute approximate surface area is 159 Å². The van der Waals surface area contributed by atoms with Crippen LogP contribution in [0.1, 0.15) is 21.2 Å². The Balaban J connectivity index is 1.63. The molecular formula is C21H17NO4S. The summed E-state index contributed by atoms with van der Waals surface area (Å²) < 4.78 is 11.1. The van der Waals surface area contributed by atoms with E-state index >= 15 is 0 Å². The Kier molecular flexibility index (Phi) is 4.89. The lowest BCUT2D eigenvalue weighted by molar-refractivity contribution is 0.0702. The van der Waals surface area contributed by atoms with Crippen molar-refractivity contribution < 1.29 is 13.6 Å². The predicted molar refractivity (Wildman–Crippen MR) is 104 cm³/mol. The van der Waals surface area contributed by atoms with E-state index in [4.69, 9.17) is 8.83 Å². The van der Waals surface area contributed by atoms with Crippen LogP contribution in [0.4, 0.5) is 0 Å². The Bertz CT molecular complexity index is 1100. The molecule has 3 heterocycles. The molecule has 0 bridgehead atoms. The highest BCUT2D eigenvalue weighted by atomic mass is 32.1. The van der Waals surface area contributed by atoms with Crippen molar-refractivity contribution in [3.8, 4) is 0 Å². The van der Waals surface area contributed by atoms with Crippen LogP contribution in [0, 0.1) is 0 Å². The van der Waals surface area contributed by atoms with Crippen molar-refractivity contribution in [1.29, 1.82) is 0 Å². The zero-order valence-electron chi connectivity index (χ0n) is 14.5. The molecule has 0 aliphatic heterocycles. The fourth-order valence-corrected chi connectivity index (χ4v) is 3.61. The van der Waals surface area contributed by atoms with Crippen molar-refractivity contribution in [3.05, 3.63) is 92.9 Å². The largest absolute Gasteiger partial charge is 0.467 e. The van der Waals surface area contributed by atoms with E-state index in [2.05, 4.69) is 0 Å². The van der Waals surface area contributed by atoms with E-state index < -0.39 is 0 Å². The van der Waals surface area contributed by atoms with Crippen LogP contribution in [-0.2, 0) is 13.0 Å². The first-order valence-corrected chi connectivity index (χ1v) is 9.45. The first-order valence-electron chi connectivity index (χ1n) is 8.57. The number of hydrogen-bond acceptors (Lipinski definition) is 5. The highest BCUT2D eigenvalue weighted by Crippen LogP contribution is 2.17. The molecule has 5 nitrogen and oxygen atoms in total. The van der Waals surface area contributed by atoms with Crippen LogP contribution < -0.4 is 5.43 Å². The Morgan fingerprint density at radius 2 is 1.96 bits per heavy atom. The van der Waals surface area contributed by atoms with Crippen molar-refractivity contribution in [1.82, 2.24) is 4.90 Å². The molecule has 0 atom stereocenters. The standard InChI is InChI=1S/C21H17NO4S/c23-18-13-20(26-19-8-2-1-7-17(18)19)21(24)22(14-15-5-3-11-25-15)10-9-16-6-4-12-27-16/h1-8,11-13H,9-10,14H2. The molecule has 0 saturated carbocycles. The average Bonchev–Trinajstić information content (AvgIpc) is 3.38. The zero-order valence-corrected chi connectivity index (χ0v) is 15.3. The number of hydrogen-bond donors (Lipinski definition) is 0. The summed E-state index contributed by atoms with van der Waals surface area (Å²) in [6, 6.07) is 15.8. The lowest BCUT2D eigenvalue weighted by Gasteiger charge is -2.21. The van der Waals surface area contributed by atoms with Gasteiger partial charge in [0.25, 0.3) is 5.91 Å². The molecular weight excluding hydrogens is 362 g/mol. The van der Waals surface area contributed by atoms with Crippen LogP contribution in [0.3, 0.4) is 0 Å². The highest BCUT2D eigenvalue weighted by Gasteiger charge is 2.21. The van der Waals surface area contributed by atoms with Gasteiger partial charge < -0.3 is 13.7 Å². The molecule has 6 heteroatoms. The number of fused-ring (bicyclic) bond motifs is 1. The van der Waals surface area contributed by atoms with Gasteiger partial charge in [-0.1, -0.05) is 18.2 Å². The van der Waals surface area contributed by atoms with Gasteiger partial charge in [0.05, 0.1) is 18.2 Å². The van der Waals surface area contributed by atoms with E-state index in [0.29, 0.717) is 29.8 Å². The van der Waals surface area contributed by atoms with Crippen LogP contribution in [0.25, 0.3) is 11.0 Å². The molecule has 0 saturated heterocycles. The van der Waals surface area contributed by atoms with Gasteiger partial charge in [0.15, 0.2) is 11.2 Å². The number of furan rings is 1. The van der Waals surface area contributed by atoms with Gasteiger partial charge in [0.2, 0.25) is 0 Å². The van der Waals surface area contributed by atoms with E-state index in [9.17, 15) is 9.59 Å². The lowest BCUT2D eigenvalue weighted by Crippen LogP contribution is -2.32. The quantitative estimate of drug-likeness (QED) is 0.500. The molecule has 3 aromatic heterocycles. The van der Waals surface area contributed by atoms with Crippen LogP contribution in [-0.4, -0.2) is 17.4 Å². The SMILES string of the molecule is O=C(c1cc(=O)c2ccccc2o1)N(CCc1cccs1)Cc1ccco1. The molecule has 0 N–H and O–H groups in total. The van der Waals surface area contributed by atoms with Gasteiger partial charge in [-0.3, -0.25) is 9.59 Å². The van der Waals surface area contributed by atoms with Gasteiger partial charge >= 0.3 is 0 Å². The maximum atomic E-state index is 13.1. The third-order valence-corrected chi connectivity index (χ3v) is 5.20. The summed E-state index contributed by atoms with van der Waals surface area (Å²) in [5, 5.41) is 2.47. The Hall–Kier alpha value is -3.12. The minimum Gasteiger partial charge on any atom is -0.467 e. The second-order valence-corrected chi connectivity index (χ2v) is 7.14. The molecule has 1 aromatic carbocycles. The van der Waals surface area contributed by atoms with Crippen LogP contribution in [0.2, 0.25) is 0 Å². The highest BCUT2D eigenvalue weighted by molar-refractivity contribution is 7.09. The molecule has 0 radical (unpaired) electrons. The molecule has 4 aromatic rings. The second-order valence-electron chi connectivity index (χ2n) is 6.11. The zero-order chi connectivity index (χ0) is 18.6. The molecule has 0 unspecified atom stereocenters. The third kappa shape index (κ3) is 3.85. The molecule has 136 valence electrons. The van der Waals surface area contributed by atoms with Gasteiger partial charge in [0.1, 0.15) is 11.3 Å². The number of benzene rings is 1. The third-order valence-electron chi connectivity index (χ3n) is 4.27. The number of rotatable bonds is 6. The van der Waals surface area contributed by atoms with Gasteiger partial charge in [0, 0.05) is 17.5 Å². The van der Waals surface area contributed by atoms with Gasteiger partial charge in [-0.05, 0) is 42.1 Å². The average molecular weight is 379 g/mol. The number of carbonyl (C=O) groups is 1. The second kappa shape index (κ2) is 7.63. The molecule has 1 amide bonds. The molecule has 0 aliphatic carbocycles. The molecule has 0 spiro atoms. The summed E-state index contributed by atoms with van der Waals surface area (Å²) in [4.78, 5) is 28.3. The van der Waals surface area contributed by atoms with Crippen molar-refractivity contribution in [2.24, 2.45) is 0 Å². The molecule has 4 rings (SSSR count). The summed E-state index contributed by atoms with van der Waals surface area (Å²) in [5.74, 6) is 0.389. The molecule has 0 aliphatic rings. The summed E-state index contributed by atoms with van der Waals surface area (Å²) in [7, 11) is 0. The topological polar surface area (TPSA) is 63.7 Å². The summed E-state index contributed by atoms with van der Waals surface area (Å²) in [6.07, 6.45) is 2.30. The minimum atomic E-state index is -0.328. The number of para-hydroxylation sites is 1. The summed E-state index contributed by atoms with van der Waals surface area (Å²) >= 11 is 1.65. The van der Waals surface area contributed by atoms with E-state index in [0.717, 1.165) is 6.42 Å². The van der Waals surface area contributed by atoms with Crippen molar-refractivity contribution in [2.75, 3.05) is 6.54 Å². The van der Waals surface area contributed by atoms with Crippen molar-refractivity contribution >= 4 is 28.2 Å². The van der Waals surface area contributed by atoms with E-state index in [1.54, 1.807) is 52.8 Å². The van der Waals surface area contributed by atoms with Crippen LogP contribution in [0.5, 0.6) is 0 Å². The monoisotopic (exact) mass is 379 g/mol. The van der Waals surface area contributed by atoms with Crippen LogP contribution >= 0.6 is 11.3 Å². The van der Waals surface area contributed by atoms with E-state index in [-0.39, 0.29) is 17.1 Å². The fraction of sp³-hybridized carbons (Fsp3) is 0.143. The normalized spacial score (nSPS) is 11.0. The van der Waals surface area contributed by atoms with Gasteiger partial charge in [-0.25, -0.2) is 0 Å². The Morgan fingerprint density at radius 3 is 2.74 bits per heavy atom. The Morgan fingerprint density at radius 1 is 1.07 bits per heavy atom. The molecule has 27 heavy (non-hydrogen) atoms. The maximum Gasteiger partial charge on any atom is 0.290 e. The minimum absolute atomic E-state index is 0.0384. The fourth-order valence-electron chi connectivity index (χ4n) is 2.91. The smallest absolute Gasteiger partial charge is 0.290 e. The first-order chi connectivity index (χ1) is 13.2.